The second kappa shape index (κ2) is 11.1. The van der Waals surface area contributed by atoms with Gasteiger partial charge in [-0.05, 0) is 74.1 Å². The highest BCUT2D eigenvalue weighted by molar-refractivity contribution is 5.78. The number of anilines is 2. The molecule has 0 saturated carbocycles. The molecule has 2 atom stereocenters. The Bertz CT molecular complexity index is 1320. The van der Waals surface area contributed by atoms with Crippen LogP contribution in [0.3, 0.4) is 0 Å². The number of carboxylic acid groups (broad SMARTS) is 1. The molecular weight excluding hydrogens is 474 g/mol. The molecule has 0 bridgehead atoms. The molecule has 4 rings (SSSR count). The highest BCUT2D eigenvalue weighted by Crippen LogP contribution is 2.45. The van der Waals surface area contributed by atoms with Gasteiger partial charge in [-0.2, -0.15) is 0 Å². The smallest absolute Gasteiger partial charge is 0.310 e. The van der Waals surface area contributed by atoms with Crippen LogP contribution in [-0.4, -0.2) is 35.7 Å². The average Bonchev–Trinajstić information content (AvgIpc) is 3.07. The number of rotatable bonds is 8. The Balaban J connectivity index is 1.76. The average molecular weight is 516 g/mol. The van der Waals surface area contributed by atoms with Crippen molar-refractivity contribution < 1.29 is 14.6 Å². The van der Waals surface area contributed by atoms with E-state index in [9.17, 15) is 9.90 Å². The van der Waals surface area contributed by atoms with Gasteiger partial charge in [-0.25, -0.2) is 0 Å². The van der Waals surface area contributed by atoms with Crippen LogP contribution >= 0.6 is 0 Å². The lowest BCUT2D eigenvalue weighted by molar-refractivity contribution is -0.147. The molecule has 1 aliphatic rings. The summed E-state index contributed by atoms with van der Waals surface area (Å²) in [5.74, 6) is -0.245. The molecule has 1 aliphatic heterocycles. The molecule has 3 aromatic carbocycles. The van der Waals surface area contributed by atoms with Crippen LogP contribution < -0.4 is 15.8 Å². The Morgan fingerprint density at radius 2 is 1.92 bits per heavy atom. The van der Waals surface area contributed by atoms with Crippen LogP contribution in [0.5, 0.6) is 5.75 Å². The maximum atomic E-state index is 12.6. The quantitative estimate of drug-likeness (QED) is 0.303. The molecule has 1 unspecified atom stereocenters. The zero-order valence-corrected chi connectivity index (χ0v) is 23.5. The Kier molecular flexibility index (Phi) is 8.02. The third-order valence-corrected chi connectivity index (χ3v) is 8.09. The molecule has 1 heterocycles. The lowest BCUT2D eigenvalue weighted by Crippen LogP contribution is -2.33. The maximum Gasteiger partial charge on any atom is 0.310 e. The number of carbonyl (C=O) groups is 1. The number of hydrogen-bond acceptors (Lipinski definition) is 5. The second-order valence-electron chi connectivity index (χ2n) is 11.1. The van der Waals surface area contributed by atoms with Crippen LogP contribution in [0.2, 0.25) is 0 Å². The molecule has 6 heteroatoms. The fourth-order valence-corrected chi connectivity index (χ4v) is 5.56. The van der Waals surface area contributed by atoms with E-state index < -0.39 is 11.4 Å². The molecule has 6 nitrogen and oxygen atoms in total. The van der Waals surface area contributed by atoms with E-state index in [-0.39, 0.29) is 12.0 Å². The number of ether oxygens (including phenoxy) is 1. The van der Waals surface area contributed by atoms with Gasteiger partial charge in [-0.15, -0.1) is 0 Å². The molecule has 0 aliphatic carbocycles. The van der Waals surface area contributed by atoms with E-state index in [0.717, 1.165) is 54.2 Å². The minimum absolute atomic E-state index is 0.122. The number of nitrogen functional groups attached to an aromatic ring is 1. The predicted molar refractivity (Wildman–Crippen MR) is 155 cm³/mol. The lowest BCUT2D eigenvalue weighted by atomic mass is 9.69. The number of nitrogens with one attached hydrogen (secondary N) is 1. The standard InChI is InChI=1S/C32H41N3O3/c1-7-25-19-35(17-23-10-8-9-11-28(23)38-25)18-24-16-22(13-12-20(24)2)29(32(4,5)31(36)37)26-14-15-27(34-6)30(33)21(26)3/h8-16,25,29,34H,7,17-19,33H2,1-6H3,(H,36,37)/t25-,29?/m1/s1. The predicted octanol–water partition coefficient (Wildman–Crippen LogP) is 6.34. The van der Waals surface area contributed by atoms with E-state index in [4.69, 9.17) is 10.5 Å². The first-order chi connectivity index (χ1) is 18.1. The minimum Gasteiger partial charge on any atom is -0.489 e. The number of aliphatic carboxylic acids is 1. The monoisotopic (exact) mass is 515 g/mol. The van der Waals surface area contributed by atoms with Crippen LogP contribution in [0, 0.1) is 19.3 Å². The third kappa shape index (κ3) is 5.37. The number of benzene rings is 3. The molecule has 0 radical (unpaired) electrons. The van der Waals surface area contributed by atoms with Gasteiger partial charge < -0.3 is 20.9 Å². The number of hydrogen-bond donors (Lipinski definition) is 3. The molecule has 38 heavy (non-hydrogen) atoms. The van der Waals surface area contributed by atoms with Crippen molar-refractivity contribution >= 4 is 17.3 Å². The topological polar surface area (TPSA) is 87.8 Å². The fourth-order valence-electron chi connectivity index (χ4n) is 5.56. The summed E-state index contributed by atoms with van der Waals surface area (Å²) in [5, 5.41) is 13.4. The molecule has 4 N–H and O–H groups in total. The zero-order chi connectivity index (χ0) is 27.6. The van der Waals surface area contributed by atoms with E-state index >= 15 is 0 Å². The molecule has 202 valence electrons. The molecular formula is C32H41N3O3. The summed E-state index contributed by atoms with van der Waals surface area (Å²) in [4.78, 5) is 15.0. The molecule has 0 fully saturated rings. The SMILES string of the molecule is CC[C@@H]1CN(Cc2cc(C(c3ccc(NC)c(N)c3C)C(C)(C)C(=O)O)ccc2C)Cc2ccccc2O1. The largest absolute Gasteiger partial charge is 0.489 e. The van der Waals surface area contributed by atoms with Crippen LogP contribution in [0.1, 0.15) is 66.5 Å². The van der Waals surface area contributed by atoms with Gasteiger partial charge in [0.15, 0.2) is 0 Å². The minimum atomic E-state index is -1.05. The van der Waals surface area contributed by atoms with Gasteiger partial charge in [0.1, 0.15) is 11.9 Å². The Morgan fingerprint density at radius 1 is 1.18 bits per heavy atom. The van der Waals surface area contributed by atoms with Crippen molar-refractivity contribution in [3.05, 3.63) is 88.0 Å². The van der Waals surface area contributed by atoms with Gasteiger partial charge in [-0.1, -0.05) is 49.4 Å². The van der Waals surface area contributed by atoms with Gasteiger partial charge in [0.2, 0.25) is 0 Å². The summed E-state index contributed by atoms with van der Waals surface area (Å²) in [5.41, 5.74) is 13.3. The van der Waals surface area contributed by atoms with Gasteiger partial charge in [0, 0.05) is 38.2 Å². The first-order valence-corrected chi connectivity index (χ1v) is 13.4. The van der Waals surface area contributed by atoms with Gasteiger partial charge >= 0.3 is 5.97 Å². The first kappa shape index (κ1) is 27.5. The third-order valence-electron chi connectivity index (χ3n) is 8.09. The van der Waals surface area contributed by atoms with Crippen molar-refractivity contribution in [2.75, 3.05) is 24.6 Å². The summed E-state index contributed by atoms with van der Waals surface area (Å²) in [6.45, 7) is 12.3. The van der Waals surface area contributed by atoms with E-state index in [1.807, 2.05) is 32.2 Å². The molecule has 3 aromatic rings. The number of nitrogens with two attached hydrogens (primary N) is 1. The van der Waals surface area contributed by atoms with Gasteiger partial charge in [0.25, 0.3) is 0 Å². The zero-order valence-electron chi connectivity index (χ0n) is 23.5. The number of carboxylic acids is 1. The highest BCUT2D eigenvalue weighted by Gasteiger charge is 2.40. The van der Waals surface area contributed by atoms with Gasteiger partial charge in [-0.3, -0.25) is 9.69 Å². The van der Waals surface area contributed by atoms with E-state index in [0.29, 0.717) is 5.69 Å². The second-order valence-corrected chi connectivity index (χ2v) is 11.1. The summed E-state index contributed by atoms with van der Waals surface area (Å²) in [6, 6.07) is 18.6. The summed E-state index contributed by atoms with van der Waals surface area (Å²) in [7, 11) is 1.84. The summed E-state index contributed by atoms with van der Waals surface area (Å²) < 4.78 is 6.31. The van der Waals surface area contributed by atoms with E-state index in [1.165, 1.54) is 16.7 Å². The molecule has 0 saturated heterocycles. The fraction of sp³-hybridized carbons (Fsp3) is 0.406. The highest BCUT2D eigenvalue weighted by atomic mass is 16.5. The molecule has 0 spiro atoms. The Labute approximate surface area is 226 Å². The number of para-hydroxylation sites is 1. The van der Waals surface area contributed by atoms with Gasteiger partial charge in [0.05, 0.1) is 16.8 Å². The van der Waals surface area contributed by atoms with Crippen molar-refractivity contribution in [1.82, 2.24) is 4.90 Å². The van der Waals surface area contributed by atoms with Crippen molar-refractivity contribution in [1.29, 1.82) is 0 Å². The van der Waals surface area contributed by atoms with E-state index in [2.05, 4.69) is 60.5 Å². The normalized spacial score (nSPS) is 16.7. The molecule has 0 amide bonds. The Morgan fingerprint density at radius 3 is 2.61 bits per heavy atom. The maximum absolute atomic E-state index is 12.6. The number of nitrogens with zero attached hydrogens (tertiary/aromatic N) is 1. The molecule has 0 aromatic heterocycles. The van der Waals surface area contributed by atoms with Crippen LogP contribution in [-0.2, 0) is 17.9 Å². The first-order valence-electron chi connectivity index (χ1n) is 13.4. The van der Waals surface area contributed by atoms with E-state index in [1.54, 1.807) is 13.8 Å². The Hall–Kier alpha value is -3.51. The van der Waals surface area contributed by atoms with Crippen molar-refractivity contribution in [3.63, 3.8) is 0 Å². The van der Waals surface area contributed by atoms with Crippen LogP contribution in [0.15, 0.2) is 54.6 Å². The number of fused-ring (bicyclic) bond motifs is 1. The van der Waals surface area contributed by atoms with Crippen LogP contribution in [0.4, 0.5) is 11.4 Å². The van der Waals surface area contributed by atoms with Crippen molar-refractivity contribution in [3.8, 4) is 5.75 Å². The van der Waals surface area contributed by atoms with Crippen molar-refractivity contribution in [2.45, 2.75) is 66.2 Å². The summed E-state index contributed by atoms with van der Waals surface area (Å²) >= 11 is 0. The van der Waals surface area contributed by atoms with Crippen molar-refractivity contribution in [2.24, 2.45) is 5.41 Å². The number of aryl methyl sites for hydroxylation is 1. The summed E-state index contributed by atoms with van der Waals surface area (Å²) in [6.07, 6.45) is 1.05. The van der Waals surface area contributed by atoms with Crippen LogP contribution in [0.25, 0.3) is 0 Å². The lowest BCUT2D eigenvalue weighted by Gasteiger charge is -2.34.